The molecule has 2 aromatic carbocycles. The zero-order valence-corrected chi connectivity index (χ0v) is 18.1. The van der Waals surface area contributed by atoms with E-state index in [1.54, 1.807) is 20.8 Å². The Kier molecular flexibility index (Phi) is 7.80. The summed E-state index contributed by atoms with van der Waals surface area (Å²) in [6, 6.07) is 7.18. The third kappa shape index (κ3) is 7.01. The molecule has 0 aliphatic heterocycles. The predicted octanol–water partition coefficient (Wildman–Crippen LogP) is 3.52. The molecule has 7 nitrogen and oxygen atoms in total. The number of carbonyl (C=O) groups is 3. The van der Waals surface area contributed by atoms with E-state index in [0.717, 1.165) is 41.3 Å². The van der Waals surface area contributed by atoms with Gasteiger partial charge >= 0.3 is 6.18 Å². The van der Waals surface area contributed by atoms with Crippen molar-refractivity contribution in [1.29, 1.82) is 0 Å². The second-order valence-corrected chi connectivity index (χ2v) is 8.25. The van der Waals surface area contributed by atoms with Gasteiger partial charge in [0.2, 0.25) is 5.91 Å². The van der Waals surface area contributed by atoms with Gasteiger partial charge in [0, 0.05) is 23.2 Å². The monoisotopic (exact) mass is 469 g/mol. The molecule has 0 saturated carbocycles. The quantitative estimate of drug-likeness (QED) is 0.343. The molecule has 0 saturated heterocycles. The Morgan fingerprint density at radius 3 is 2.21 bits per heavy atom. The summed E-state index contributed by atoms with van der Waals surface area (Å²) < 4.78 is 54.9. The molecule has 0 bridgehead atoms. The summed E-state index contributed by atoms with van der Waals surface area (Å²) in [5, 5.41) is 11.3. The maximum atomic E-state index is 14.6. The summed E-state index contributed by atoms with van der Waals surface area (Å²) in [7, 11) is 0. The van der Waals surface area contributed by atoms with Crippen molar-refractivity contribution in [2.45, 2.75) is 39.0 Å². The van der Waals surface area contributed by atoms with E-state index < -0.39 is 59.5 Å². The fourth-order valence-electron chi connectivity index (χ4n) is 3.00. The van der Waals surface area contributed by atoms with E-state index in [0.29, 0.717) is 0 Å². The van der Waals surface area contributed by atoms with Gasteiger partial charge in [-0.05, 0) is 45.0 Å². The largest absolute Gasteiger partial charge is 0.417 e. The molecule has 11 heteroatoms. The van der Waals surface area contributed by atoms with Crippen molar-refractivity contribution >= 4 is 17.7 Å². The number of hydrogen-bond donors (Lipinski definition) is 3. The van der Waals surface area contributed by atoms with Crippen LogP contribution in [0.2, 0.25) is 0 Å². The Hall–Kier alpha value is -3.47. The minimum atomic E-state index is -4.82. The average molecular weight is 469 g/mol. The second-order valence-electron chi connectivity index (χ2n) is 8.25. The highest BCUT2D eigenvalue weighted by molar-refractivity contribution is 5.98. The molecule has 0 spiro atoms. The summed E-state index contributed by atoms with van der Waals surface area (Å²) >= 11 is 0. The molecule has 2 rings (SSSR count). The number of nitrogens with one attached hydrogen (secondary N) is 2. The molecule has 0 radical (unpaired) electrons. The molecule has 3 amide bonds. The summed E-state index contributed by atoms with van der Waals surface area (Å²) in [4.78, 5) is 37.8. The van der Waals surface area contributed by atoms with E-state index in [1.165, 1.54) is 11.5 Å². The highest BCUT2D eigenvalue weighted by atomic mass is 19.4. The molecule has 0 heterocycles. The lowest BCUT2D eigenvalue weighted by Crippen LogP contribution is -2.47. The van der Waals surface area contributed by atoms with Crippen LogP contribution in [0.4, 0.5) is 17.6 Å². The lowest BCUT2D eigenvalue weighted by Gasteiger charge is -2.27. The van der Waals surface area contributed by atoms with E-state index in [2.05, 4.69) is 5.32 Å². The molecule has 178 valence electrons. The topological polar surface area (TPSA) is 98.7 Å². The highest BCUT2D eigenvalue weighted by Crippen LogP contribution is 2.32. The van der Waals surface area contributed by atoms with E-state index in [-0.39, 0.29) is 11.1 Å². The summed E-state index contributed by atoms with van der Waals surface area (Å²) in [5.74, 6) is -3.70. The number of rotatable bonds is 6. The van der Waals surface area contributed by atoms with E-state index in [4.69, 9.17) is 5.21 Å². The van der Waals surface area contributed by atoms with Crippen LogP contribution >= 0.6 is 0 Å². The van der Waals surface area contributed by atoms with Gasteiger partial charge in [-0.2, -0.15) is 13.2 Å². The molecular weight excluding hydrogens is 446 g/mol. The molecule has 0 fully saturated rings. The van der Waals surface area contributed by atoms with Crippen LogP contribution < -0.4 is 10.8 Å². The standard InChI is InChI=1S/C22H23F4N3O4/c1-21(2,3)27-18(30)12-29(11-14-9-8-13(10-17(14)23)19(31)28-33)20(32)15-6-4-5-7-16(15)22(24,25)26/h4-10,33H,11-12H2,1-3H3,(H,27,30)(H,28,31). The lowest BCUT2D eigenvalue weighted by molar-refractivity contribution is -0.138. The number of hydroxylamine groups is 1. The molecule has 0 aromatic heterocycles. The van der Waals surface area contributed by atoms with Crippen LogP contribution in [0.1, 0.15) is 52.6 Å². The summed E-state index contributed by atoms with van der Waals surface area (Å²) in [6.07, 6.45) is -4.82. The fraction of sp³-hybridized carbons (Fsp3) is 0.318. The number of hydrogen-bond acceptors (Lipinski definition) is 4. The SMILES string of the molecule is CC(C)(C)NC(=O)CN(Cc1ccc(C(=O)NO)cc1F)C(=O)c1ccccc1C(F)(F)F. The molecule has 0 aliphatic carbocycles. The van der Waals surface area contributed by atoms with Crippen molar-refractivity contribution in [3.8, 4) is 0 Å². The first kappa shape index (κ1) is 25.8. The molecule has 0 unspecified atom stereocenters. The van der Waals surface area contributed by atoms with Gasteiger partial charge in [0.15, 0.2) is 0 Å². The van der Waals surface area contributed by atoms with Crippen molar-refractivity contribution in [3.63, 3.8) is 0 Å². The third-order valence-corrected chi connectivity index (χ3v) is 4.38. The molecule has 3 N–H and O–H groups in total. The zero-order chi connectivity index (χ0) is 25.0. The van der Waals surface area contributed by atoms with Gasteiger partial charge in [0.1, 0.15) is 12.4 Å². The van der Waals surface area contributed by atoms with Crippen LogP contribution in [-0.2, 0) is 17.5 Å². The Morgan fingerprint density at radius 1 is 1.03 bits per heavy atom. The molecule has 0 atom stereocenters. The third-order valence-electron chi connectivity index (χ3n) is 4.38. The van der Waals surface area contributed by atoms with Crippen LogP contribution in [0.25, 0.3) is 0 Å². The number of amides is 3. The van der Waals surface area contributed by atoms with Crippen molar-refractivity contribution < 1.29 is 37.2 Å². The zero-order valence-electron chi connectivity index (χ0n) is 18.1. The van der Waals surface area contributed by atoms with Crippen molar-refractivity contribution in [3.05, 3.63) is 70.5 Å². The van der Waals surface area contributed by atoms with Gasteiger partial charge in [-0.25, -0.2) is 9.87 Å². The van der Waals surface area contributed by atoms with Crippen LogP contribution in [0.15, 0.2) is 42.5 Å². The smallest absolute Gasteiger partial charge is 0.350 e. The van der Waals surface area contributed by atoms with Crippen molar-refractivity contribution in [1.82, 2.24) is 15.7 Å². The number of benzene rings is 2. The first-order chi connectivity index (χ1) is 15.2. The second kappa shape index (κ2) is 9.99. The average Bonchev–Trinajstić information content (AvgIpc) is 2.71. The van der Waals surface area contributed by atoms with Crippen LogP contribution in [0, 0.1) is 5.82 Å². The van der Waals surface area contributed by atoms with Crippen molar-refractivity contribution in [2.75, 3.05) is 6.54 Å². The van der Waals surface area contributed by atoms with Crippen LogP contribution in [-0.4, -0.2) is 39.9 Å². The normalized spacial score (nSPS) is 11.6. The van der Waals surface area contributed by atoms with Gasteiger partial charge in [0.25, 0.3) is 11.8 Å². The first-order valence-electron chi connectivity index (χ1n) is 9.72. The van der Waals surface area contributed by atoms with Crippen molar-refractivity contribution in [2.24, 2.45) is 0 Å². The van der Waals surface area contributed by atoms with Gasteiger partial charge < -0.3 is 10.2 Å². The minimum Gasteiger partial charge on any atom is -0.350 e. The molecule has 0 aliphatic rings. The van der Waals surface area contributed by atoms with E-state index >= 15 is 0 Å². The number of alkyl halides is 3. The Bertz CT molecular complexity index is 1050. The van der Waals surface area contributed by atoms with Crippen LogP contribution in [0.5, 0.6) is 0 Å². The summed E-state index contributed by atoms with van der Waals surface area (Å²) in [6.45, 7) is 3.86. The highest BCUT2D eigenvalue weighted by Gasteiger charge is 2.36. The molecule has 2 aromatic rings. The lowest BCUT2D eigenvalue weighted by atomic mass is 10.0. The van der Waals surface area contributed by atoms with Gasteiger partial charge in [-0.3, -0.25) is 19.6 Å². The molecular formula is C22H23F4N3O4. The number of halogens is 4. The van der Waals surface area contributed by atoms with Gasteiger partial charge in [-0.15, -0.1) is 0 Å². The predicted molar refractivity (Wildman–Crippen MR) is 110 cm³/mol. The summed E-state index contributed by atoms with van der Waals surface area (Å²) in [5.41, 5.74) is -1.58. The van der Waals surface area contributed by atoms with E-state index in [1.807, 2.05) is 0 Å². The van der Waals surface area contributed by atoms with Gasteiger partial charge in [-0.1, -0.05) is 18.2 Å². The maximum absolute atomic E-state index is 14.6. The van der Waals surface area contributed by atoms with E-state index in [9.17, 15) is 31.9 Å². The first-order valence-corrected chi connectivity index (χ1v) is 9.72. The fourth-order valence-corrected chi connectivity index (χ4v) is 3.00. The number of nitrogens with zero attached hydrogens (tertiary/aromatic N) is 1. The Labute approximate surface area is 187 Å². The number of carbonyl (C=O) groups excluding carboxylic acids is 3. The Balaban J connectivity index is 2.44. The van der Waals surface area contributed by atoms with Gasteiger partial charge in [0.05, 0.1) is 11.1 Å². The minimum absolute atomic E-state index is 0.147. The Morgan fingerprint density at radius 2 is 1.67 bits per heavy atom. The van der Waals surface area contributed by atoms with Crippen LogP contribution in [0.3, 0.4) is 0 Å². The molecule has 33 heavy (non-hydrogen) atoms. The maximum Gasteiger partial charge on any atom is 0.417 e.